The first-order chi connectivity index (χ1) is 16.1. The van der Waals surface area contributed by atoms with Crippen molar-refractivity contribution in [2.75, 3.05) is 23.3 Å². The van der Waals surface area contributed by atoms with Crippen LogP contribution in [0, 0.1) is 24.2 Å². The third kappa shape index (κ3) is 4.38. The van der Waals surface area contributed by atoms with Crippen LogP contribution in [0.1, 0.15) is 28.9 Å². The molecular formula is C24H21N7OS. The summed E-state index contributed by atoms with van der Waals surface area (Å²) in [5, 5.41) is 12.8. The normalized spacial score (nSPS) is 15.9. The minimum atomic E-state index is -0.273. The summed E-state index contributed by atoms with van der Waals surface area (Å²) in [7, 11) is 0. The van der Waals surface area contributed by atoms with Crippen LogP contribution in [0.4, 0.5) is 10.8 Å². The van der Waals surface area contributed by atoms with Crippen molar-refractivity contribution in [2.24, 2.45) is 5.92 Å². The van der Waals surface area contributed by atoms with Crippen molar-refractivity contribution in [1.82, 2.24) is 19.9 Å². The van der Waals surface area contributed by atoms with Crippen molar-refractivity contribution in [2.45, 2.75) is 19.8 Å². The Balaban J connectivity index is 1.41. The standard InChI is InChI=1S/C24H21N7OS/c1-15-9-20(31-8-2-3-16(11-25)14-31)19(13-27-15)23(32)30-24-29-22-21(33-24)10-18(12-28-22)17-4-6-26-7-5-17/h4-7,9-10,12-13,16H,2-3,8,14H2,1H3,(H,28,29,30,32)/t16-/m0/s1. The van der Waals surface area contributed by atoms with Gasteiger partial charge in [0, 0.05) is 49.1 Å². The van der Waals surface area contributed by atoms with Crippen molar-refractivity contribution >= 4 is 38.4 Å². The number of carbonyl (C=O) groups excluding carboxylic acids is 1. The van der Waals surface area contributed by atoms with Gasteiger partial charge in [0.15, 0.2) is 10.8 Å². The Morgan fingerprint density at radius 1 is 1.21 bits per heavy atom. The summed E-state index contributed by atoms with van der Waals surface area (Å²) >= 11 is 1.38. The average Bonchev–Trinajstić information content (AvgIpc) is 3.26. The molecular weight excluding hydrogens is 434 g/mol. The number of pyridine rings is 3. The van der Waals surface area contributed by atoms with Gasteiger partial charge >= 0.3 is 0 Å². The number of thiazole rings is 1. The van der Waals surface area contributed by atoms with Gasteiger partial charge in [-0.05, 0) is 49.6 Å². The molecule has 1 fully saturated rings. The zero-order valence-electron chi connectivity index (χ0n) is 18.0. The SMILES string of the molecule is Cc1cc(N2CCC[C@@H](C#N)C2)c(C(=O)Nc2nc3ncc(-c4ccncc4)cc3s2)cn1. The minimum absolute atomic E-state index is 0.0342. The lowest BCUT2D eigenvalue weighted by Gasteiger charge is -2.32. The second kappa shape index (κ2) is 8.92. The number of anilines is 2. The fourth-order valence-electron chi connectivity index (χ4n) is 4.02. The molecule has 0 aromatic carbocycles. The molecule has 1 aliphatic rings. The molecule has 1 atom stereocenters. The van der Waals surface area contributed by atoms with E-state index in [-0.39, 0.29) is 11.8 Å². The Hall–Kier alpha value is -3.90. The third-order valence-corrected chi connectivity index (χ3v) is 6.60. The number of aryl methyl sites for hydroxylation is 1. The van der Waals surface area contributed by atoms with Gasteiger partial charge in [0.1, 0.15) is 0 Å². The monoisotopic (exact) mass is 455 g/mol. The fraction of sp³-hybridized carbons (Fsp3) is 0.250. The van der Waals surface area contributed by atoms with Gasteiger partial charge in [-0.2, -0.15) is 10.2 Å². The predicted molar refractivity (Wildman–Crippen MR) is 128 cm³/mol. The molecule has 1 N–H and O–H groups in total. The van der Waals surface area contributed by atoms with E-state index in [1.165, 1.54) is 11.3 Å². The summed E-state index contributed by atoms with van der Waals surface area (Å²) in [6.07, 6.45) is 8.66. The van der Waals surface area contributed by atoms with Crippen LogP contribution < -0.4 is 10.2 Å². The first-order valence-electron chi connectivity index (χ1n) is 10.7. The largest absolute Gasteiger partial charge is 0.369 e. The Morgan fingerprint density at radius 2 is 2.06 bits per heavy atom. The van der Waals surface area contributed by atoms with E-state index in [2.05, 4.69) is 36.2 Å². The number of piperidine rings is 1. The molecule has 5 rings (SSSR count). The van der Waals surface area contributed by atoms with Crippen molar-refractivity contribution in [3.8, 4) is 17.2 Å². The summed E-state index contributed by atoms with van der Waals surface area (Å²) in [6, 6.07) is 10.1. The van der Waals surface area contributed by atoms with E-state index in [9.17, 15) is 10.1 Å². The maximum atomic E-state index is 13.2. The number of nitrogens with zero attached hydrogens (tertiary/aromatic N) is 6. The van der Waals surface area contributed by atoms with E-state index in [0.717, 1.165) is 46.6 Å². The van der Waals surface area contributed by atoms with Gasteiger partial charge in [0.25, 0.3) is 5.91 Å². The van der Waals surface area contributed by atoms with Crippen molar-refractivity contribution in [3.63, 3.8) is 0 Å². The quantitative estimate of drug-likeness (QED) is 0.484. The lowest BCUT2D eigenvalue weighted by molar-refractivity contribution is 0.102. The molecule has 1 aliphatic heterocycles. The summed E-state index contributed by atoms with van der Waals surface area (Å²) in [6.45, 7) is 3.32. The summed E-state index contributed by atoms with van der Waals surface area (Å²) in [4.78, 5) is 32.6. The molecule has 0 radical (unpaired) electrons. The van der Waals surface area contributed by atoms with Crippen LogP contribution in [0.2, 0.25) is 0 Å². The Kier molecular flexibility index (Phi) is 5.67. The van der Waals surface area contributed by atoms with E-state index in [1.807, 2.05) is 31.2 Å². The van der Waals surface area contributed by atoms with Gasteiger partial charge in [0.2, 0.25) is 0 Å². The lowest BCUT2D eigenvalue weighted by atomic mass is 9.98. The number of aromatic nitrogens is 4. The molecule has 8 nitrogen and oxygen atoms in total. The maximum Gasteiger partial charge on any atom is 0.261 e. The molecule has 4 aromatic rings. The number of amides is 1. The van der Waals surface area contributed by atoms with Crippen LogP contribution in [-0.2, 0) is 0 Å². The van der Waals surface area contributed by atoms with E-state index < -0.39 is 0 Å². The number of rotatable bonds is 4. The molecule has 0 spiro atoms. The van der Waals surface area contributed by atoms with E-state index in [0.29, 0.717) is 22.9 Å². The van der Waals surface area contributed by atoms with Crippen LogP contribution in [0.5, 0.6) is 0 Å². The average molecular weight is 456 g/mol. The molecule has 4 aromatic heterocycles. The Labute approximate surface area is 195 Å². The molecule has 1 amide bonds. The molecule has 1 saturated heterocycles. The third-order valence-electron chi connectivity index (χ3n) is 5.69. The molecule has 164 valence electrons. The second-order valence-corrected chi connectivity index (χ2v) is 9.04. The van der Waals surface area contributed by atoms with Crippen LogP contribution >= 0.6 is 11.3 Å². The lowest BCUT2D eigenvalue weighted by Crippen LogP contribution is -2.36. The van der Waals surface area contributed by atoms with E-state index >= 15 is 0 Å². The van der Waals surface area contributed by atoms with Gasteiger partial charge in [-0.3, -0.25) is 20.1 Å². The summed E-state index contributed by atoms with van der Waals surface area (Å²) in [5.41, 5.74) is 4.68. The highest BCUT2D eigenvalue weighted by Crippen LogP contribution is 2.31. The van der Waals surface area contributed by atoms with Crippen LogP contribution in [0.15, 0.2) is 49.1 Å². The highest BCUT2D eigenvalue weighted by molar-refractivity contribution is 7.22. The number of hydrogen-bond acceptors (Lipinski definition) is 8. The zero-order valence-corrected chi connectivity index (χ0v) is 18.8. The predicted octanol–water partition coefficient (Wildman–Crippen LogP) is 4.45. The number of nitrogens with one attached hydrogen (secondary N) is 1. The van der Waals surface area contributed by atoms with Gasteiger partial charge in [-0.1, -0.05) is 11.3 Å². The molecule has 33 heavy (non-hydrogen) atoms. The van der Waals surface area contributed by atoms with E-state index in [1.54, 1.807) is 24.8 Å². The Bertz CT molecular complexity index is 1360. The molecule has 0 saturated carbocycles. The topological polar surface area (TPSA) is 108 Å². The van der Waals surface area contributed by atoms with Crippen molar-refractivity contribution < 1.29 is 4.79 Å². The fourth-order valence-corrected chi connectivity index (χ4v) is 4.88. The zero-order chi connectivity index (χ0) is 22.8. The van der Waals surface area contributed by atoms with Crippen LogP contribution in [-0.4, -0.2) is 38.9 Å². The Morgan fingerprint density at radius 3 is 2.88 bits per heavy atom. The van der Waals surface area contributed by atoms with Gasteiger partial charge in [0.05, 0.1) is 27.9 Å². The number of nitriles is 1. The van der Waals surface area contributed by atoms with Gasteiger partial charge in [-0.15, -0.1) is 0 Å². The second-order valence-electron chi connectivity index (χ2n) is 8.01. The molecule has 0 bridgehead atoms. The first kappa shape index (κ1) is 21.0. The van der Waals surface area contributed by atoms with Gasteiger partial charge in [-0.25, -0.2) is 4.98 Å². The summed E-state index contributed by atoms with van der Waals surface area (Å²) in [5.74, 6) is -0.307. The highest BCUT2D eigenvalue weighted by Gasteiger charge is 2.24. The number of hydrogen-bond donors (Lipinski definition) is 1. The molecule has 5 heterocycles. The summed E-state index contributed by atoms with van der Waals surface area (Å²) < 4.78 is 0.884. The smallest absolute Gasteiger partial charge is 0.261 e. The molecule has 0 unspecified atom stereocenters. The van der Waals surface area contributed by atoms with Crippen LogP contribution in [0.3, 0.4) is 0 Å². The molecule has 9 heteroatoms. The first-order valence-corrected chi connectivity index (χ1v) is 11.5. The number of carbonyl (C=O) groups is 1. The minimum Gasteiger partial charge on any atom is -0.369 e. The molecule has 0 aliphatic carbocycles. The van der Waals surface area contributed by atoms with Crippen molar-refractivity contribution in [3.05, 3.63) is 60.3 Å². The number of fused-ring (bicyclic) bond motifs is 1. The van der Waals surface area contributed by atoms with E-state index in [4.69, 9.17) is 0 Å². The maximum absolute atomic E-state index is 13.2. The highest BCUT2D eigenvalue weighted by atomic mass is 32.1. The van der Waals surface area contributed by atoms with Gasteiger partial charge < -0.3 is 4.90 Å². The van der Waals surface area contributed by atoms with Crippen molar-refractivity contribution in [1.29, 1.82) is 5.26 Å². The van der Waals surface area contributed by atoms with Crippen LogP contribution in [0.25, 0.3) is 21.5 Å².